The molecule has 1 fully saturated rings. The van der Waals surface area contributed by atoms with Gasteiger partial charge < -0.3 is 14.8 Å². The molecule has 1 aromatic rings. The van der Waals surface area contributed by atoms with Gasteiger partial charge in [-0.1, -0.05) is 0 Å². The largest absolute Gasteiger partial charge is 0.465 e. The topological polar surface area (TPSA) is 47.6 Å². The summed E-state index contributed by atoms with van der Waals surface area (Å²) in [4.78, 5) is 11.3. The number of anilines is 1. The lowest BCUT2D eigenvalue weighted by Gasteiger charge is -2.17. The van der Waals surface area contributed by atoms with E-state index >= 15 is 0 Å². The van der Waals surface area contributed by atoms with Crippen molar-refractivity contribution in [3.63, 3.8) is 0 Å². The molecule has 0 bridgehead atoms. The zero-order valence-electron chi connectivity index (χ0n) is 10.1. The zero-order chi connectivity index (χ0) is 12.3. The maximum Gasteiger partial charge on any atom is 0.337 e. The molecule has 0 saturated carbocycles. The number of carbonyl (C=O) groups is 1. The average Bonchev–Trinajstić information content (AvgIpc) is 2.75. The molecule has 0 radical (unpaired) electrons. The molecule has 0 spiro atoms. The number of carbonyl (C=O) groups excluding carboxylic acids is 1. The fourth-order valence-electron chi connectivity index (χ4n) is 1.96. The highest BCUT2D eigenvalue weighted by atomic mass is 16.5. The summed E-state index contributed by atoms with van der Waals surface area (Å²) < 4.78 is 10.1. The minimum atomic E-state index is -0.311. The van der Waals surface area contributed by atoms with Gasteiger partial charge in [0.15, 0.2) is 0 Å². The molecule has 0 amide bonds. The third-order valence-electron chi connectivity index (χ3n) is 3.03. The second-order valence-corrected chi connectivity index (χ2v) is 4.18. The van der Waals surface area contributed by atoms with Crippen molar-refractivity contribution in [3.05, 3.63) is 29.8 Å². The van der Waals surface area contributed by atoms with E-state index in [-0.39, 0.29) is 12.1 Å². The molecule has 4 heteroatoms. The first-order valence-electron chi connectivity index (χ1n) is 5.77. The van der Waals surface area contributed by atoms with E-state index in [1.165, 1.54) is 7.11 Å². The fraction of sp³-hybridized carbons (Fsp3) is 0.462. The van der Waals surface area contributed by atoms with Gasteiger partial charge in [-0.2, -0.15) is 0 Å². The minimum Gasteiger partial charge on any atom is -0.465 e. The van der Waals surface area contributed by atoms with Crippen LogP contribution in [0, 0.1) is 0 Å². The van der Waals surface area contributed by atoms with Gasteiger partial charge in [0.2, 0.25) is 0 Å². The molecule has 17 heavy (non-hydrogen) atoms. The van der Waals surface area contributed by atoms with Crippen LogP contribution in [0.25, 0.3) is 0 Å². The van der Waals surface area contributed by atoms with Gasteiger partial charge in [-0.3, -0.25) is 0 Å². The van der Waals surface area contributed by atoms with Crippen LogP contribution in [-0.2, 0) is 9.47 Å². The number of rotatable bonds is 3. The molecule has 2 rings (SSSR count). The van der Waals surface area contributed by atoms with Gasteiger partial charge >= 0.3 is 5.97 Å². The molecule has 1 heterocycles. The Labute approximate surface area is 101 Å². The summed E-state index contributed by atoms with van der Waals surface area (Å²) in [5.41, 5.74) is 1.56. The summed E-state index contributed by atoms with van der Waals surface area (Å²) in [5.74, 6) is -0.311. The van der Waals surface area contributed by atoms with E-state index in [0.29, 0.717) is 11.6 Å². The van der Waals surface area contributed by atoms with E-state index in [2.05, 4.69) is 17.0 Å². The minimum absolute atomic E-state index is 0.232. The molecule has 4 nitrogen and oxygen atoms in total. The normalized spacial score (nSPS) is 23.4. The molecule has 1 aliphatic heterocycles. The highest BCUT2D eigenvalue weighted by Gasteiger charge is 2.23. The number of benzene rings is 1. The number of esters is 1. The van der Waals surface area contributed by atoms with Gasteiger partial charge in [-0.25, -0.2) is 4.79 Å². The Morgan fingerprint density at radius 2 is 2.12 bits per heavy atom. The van der Waals surface area contributed by atoms with Crippen LogP contribution in [-0.4, -0.2) is 31.8 Å². The fourth-order valence-corrected chi connectivity index (χ4v) is 1.96. The molecule has 0 aromatic heterocycles. The maximum atomic E-state index is 11.3. The first-order chi connectivity index (χ1) is 8.20. The Morgan fingerprint density at radius 3 is 2.65 bits per heavy atom. The van der Waals surface area contributed by atoms with Crippen LogP contribution in [0.5, 0.6) is 0 Å². The molecular formula is C13H17NO3. The SMILES string of the molecule is COC(=O)c1ccc(NC2CCOC2C)cc1. The van der Waals surface area contributed by atoms with Crippen molar-refractivity contribution in [1.82, 2.24) is 0 Å². The Morgan fingerprint density at radius 1 is 1.41 bits per heavy atom. The lowest BCUT2D eigenvalue weighted by atomic mass is 10.1. The summed E-state index contributed by atoms with van der Waals surface area (Å²) in [7, 11) is 1.38. The molecule has 0 aliphatic carbocycles. The summed E-state index contributed by atoms with van der Waals surface area (Å²) >= 11 is 0. The van der Waals surface area contributed by atoms with E-state index in [4.69, 9.17) is 4.74 Å². The summed E-state index contributed by atoms with van der Waals surface area (Å²) in [6.45, 7) is 2.87. The predicted octanol–water partition coefficient (Wildman–Crippen LogP) is 2.06. The zero-order valence-corrected chi connectivity index (χ0v) is 10.1. The van der Waals surface area contributed by atoms with Crippen LogP contribution in [0.4, 0.5) is 5.69 Å². The quantitative estimate of drug-likeness (QED) is 0.815. The first-order valence-corrected chi connectivity index (χ1v) is 5.77. The van der Waals surface area contributed by atoms with Crippen LogP contribution >= 0.6 is 0 Å². The standard InChI is InChI=1S/C13H17NO3/c1-9-12(7-8-17-9)14-11-5-3-10(4-6-11)13(15)16-2/h3-6,9,12,14H,7-8H2,1-2H3. The van der Waals surface area contributed by atoms with Gasteiger partial charge in [-0.05, 0) is 37.6 Å². The number of hydrogen-bond donors (Lipinski definition) is 1. The van der Waals surface area contributed by atoms with Crippen LogP contribution in [0.2, 0.25) is 0 Å². The summed E-state index contributed by atoms with van der Waals surface area (Å²) in [5, 5.41) is 3.40. The average molecular weight is 235 g/mol. The van der Waals surface area contributed by atoms with Crippen molar-refractivity contribution >= 4 is 11.7 Å². The lowest BCUT2D eigenvalue weighted by molar-refractivity contribution is 0.0600. The Balaban J connectivity index is 2.00. The predicted molar refractivity (Wildman–Crippen MR) is 65.2 cm³/mol. The van der Waals surface area contributed by atoms with Crippen molar-refractivity contribution in [2.45, 2.75) is 25.5 Å². The lowest BCUT2D eigenvalue weighted by Crippen LogP contribution is -2.26. The number of methoxy groups -OCH3 is 1. The van der Waals surface area contributed by atoms with Crippen molar-refractivity contribution in [3.8, 4) is 0 Å². The van der Waals surface area contributed by atoms with Gasteiger partial charge in [0.25, 0.3) is 0 Å². The maximum absolute atomic E-state index is 11.3. The van der Waals surface area contributed by atoms with E-state index < -0.39 is 0 Å². The number of ether oxygens (including phenoxy) is 2. The summed E-state index contributed by atoms with van der Waals surface area (Å²) in [6.07, 6.45) is 1.25. The molecule has 2 unspecified atom stereocenters. The van der Waals surface area contributed by atoms with Gasteiger partial charge in [0.1, 0.15) is 0 Å². The van der Waals surface area contributed by atoms with Crippen molar-refractivity contribution < 1.29 is 14.3 Å². The third kappa shape index (κ3) is 2.77. The second-order valence-electron chi connectivity index (χ2n) is 4.18. The van der Waals surface area contributed by atoms with Crippen LogP contribution < -0.4 is 5.32 Å². The number of hydrogen-bond acceptors (Lipinski definition) is 4. The Bertz CT molecular complexity index is 388. The van der Waals surface area contributed by atoms with Crippen LogP contribution in [0.1, 0.15) is 23.7 Å². The Hall–Kier alpha value is -1.55. The Kier molecular flexibility index (Phi) is 3.64. The molecule has 1 N–H and O–H groups in total. The third-order valence-corrected chi connectivity index (χ3v) is 3.03. The van der Waals surface area contributed by atoms with E-state index in [1.54, 1.807) is 12.1 Å². The second kappa shape index (κ2) is 5.19. The molecule has 2 atom stereocenters. The highest BCUT2D eigenvalue weighted by molar-refractivity contribution is 5.89. The van der Waals surface area contributed by atoms with Crippen LogP contribution in [0.15, 0.2) is 24.3 Å². The van der Waals surface area contributed by atoms with Gasteiger partial charge in [0, 0.05) is 12.3 Å². The molecule has 1 aromatic carbocycles. The molecule has 1 saturated heterocycles. The highest BCUT2D eigenvalue weighted by Crippen LogP contribution is 2.19. The van der Waals surface area contributed by atoms with Crippen molar-refractivity contribution in [2.24, 2.45) is 0 Å². The van der Waals surface area contributed by atoms with E-state index in [9.17, 15) is 4.79 Å². The summed E-state index contributed by atoms with van der Waals surface area (Å²) in [6, 6.07) is 7.64. The molecule has 92 valence electrons. The number of nitrogens with one attached hydrogen (secondary N) is 1. The van der Waals surface area contributed by atoms with Crippen LogP contribution in [0.3, 0.4) is 0 Å². The van der Waals surface area contributed by atoms with Crippen molar-refractivity contribution in [2.75, 3.05) is 19.0 Å². The van der Waals surface area contributed by atoms with Crippen molar-refractivity contribution in [1.29, 1.82) is 0 Å². The monoisotopic (exact) mass is 235 g/mol. The van der Waals surface area contributed by atoms with E-state index in [0.717, 1.165) is 18.7 Å². The van der Waals surface area contributed by atoms with Gasteiger partial charge in [0.05, 0.1) is 24.8 Å². The molecule has 1 aliphatic rings. The first kappa shape index (κ1) is 11.9. The molecular weight excluding hydrogens is 218 g/mol. The smallest absolute Gasteiger partial charge is 0.337 e. The van der Waals surface area contributed by atoms with Gasteiger partial charge in [-0.15, -0.1) is 0 Å². The van der Waals surface area contributed by atoms with E-state index in [1.807, 2.05) is 12.1 Å².